The first-order chi connectivity index (χ1) is 19.0. The van der Waals surface area contributed by atoms with Gasteiger partial charge in [0.15, 0.2) is 0 Å². The summed E-state index contributed by atoms with van der Waals surface area (Å²) in [7, 11) is 1.42. The largest absolute Gasteiger partial charge is 0.497 e. The monoisotopic (exact) mass is 580 g/mol. The van der Waals surface area contributed by atoms with Gasteiger partial charge < -0.3 is 25.4 Å². The van der Waals surface area contributed by atoms with E-state index in [1.165, 1.54) is 57.5 Å². The van der Waals surface area contributed by atoms with Crippen molar-refractivity contribution in [2.24, 2.45) is 5.92 Å². The minimum atomic E-state index is -5.19. The first-order valence-electron chi connectivity index (χ1n) is 12.7. The maximum Gasteiger partial charge on any atom is 0.452 e. The van der Waals surface area contributed by atoms with Gasteiger partial charge in [0.25, 0.3) is 11.7 Å². The third-order valence-corrected chi connectivity index (χ3v) is 5.73. The molecule has 0 radical (unpaired) electrons. The summed E-state index contributed by atoms with van der Waals surface area (Å²) in [5.41, 5.74) is -0.496. The van der Waals surface area contributed by atoms with Crippen molar-refractivity contribution in [1.82, 2.24) is 20.9 Å². The summed E-state index contributed by atoms with van der Waals surface area (Å²) in [6, 6.07) is 5.72. The molecule has 3 amide bonds. The quantitative estimate of drug-likeness (QED) is 0.351. The maximum absolute atomic E-state index is 13.5. The van der Waals surface area contributed by atoms with E-state index in [0.29, 0.717) is 5.75 Å². The number of benzene rings is 1. The van der Waals surface area contributed by atoms with Gasteiger partial charge in [-0.05, 0) is 56.5 Å². The molecule has 224 valence electrons. The molecule has 2 rings (SSSR count). The van der Waals surface area contributed by atoms with Crippen LogP contribution in [-0.2, 0) is 19.1 Å². The molecule has 1 aromatic heterocycles. The number of ketones is 1. The number of ether oxygens (including phenoxy) is 2. The van der Waals surface area contributed by atoms with Gasteiger partial charge in [-0.15, -0.1) is 0 Å². The van der Waals surface area contributed by atoms with E-state index in [2.05, 4.69) is 20.9 Å². The third kappa shape index (κ3) is 10.2. The SMILES string of the molecule is COc1ccc([C@H](NC(=O)[C@H](COC(C)(C)C)NC(=O)c2ccccn2)C(=O)N[C@H](C(=O)C(F)(F)F)C(C)C)cc1. The molecule has 41 heavy (non-hydrogen) atoms. The third-order valence-electron chi connectivity index (χ3n) is 5.73. The number of hydrogen-bond acceptors (Lipinski definition) is 7. The number of carbonyl (C=O) groups is 4. The molecule has 1 heterocycles. The first kappa shape index (κ1) is 33.2. The molecule has 0 saturated carbocycles. The second kappa shape index (κ2) is 14.1. The van der Waals surface area contributed by atoms with E-state index in [9.17, 15) is 32.3 Å². The van der Waals surface area contributed by atoms with Crippen LogP contribution < -0.4 is 20.7 Å². The molecule has 2 aromatic rings. The van der Waals surface area contributed by atoms with E-state index >= 15 is 0 Å². The molecular formula is C28H35F3N4O6. The van der Waals surface area contributed by atoms with Crippen molar-refractivity contribution in [3.63, 3.8) is 0 Å². The lowest BCUT2D eigenvalue weighted by molar-refractivity contribution is -0.175. The van der Waals surface area contributed by atoms with Crippen LogP contribution in [0.5, 0.6) is 5.75 Å². The number of aromatic nitrogens is 1. The topological polar surface area (TPSA) is 136 Å². The van der Waals surface area contributed by atoms with Crippen molar-refractivity contribution in [3.8, 4) is 5.75 Å². The molecule has 0 unspecified atom stereocenters. The molecule has 0 saturated heterocycles. The van der Waals surface area contributed by atoms with Crippen LogP contribution in [0.4, 0.5) is 13.2 Å². The van der Waals surface area contributed by atoms with E-state index in [4.69, 9.17) is 9.47 Å². The Hall–Kier alpha value is -4.00. The molecule has 3 N–H and O–H groups in total. The van der Waals surface area contributed by atoms with Gasteiger partial charge in [0.1, 0.15) is 23.5 Å². The first-order valence-corrected chi connectivity index (χ1v) is 12.7. The minimum absolute atomic E-state index is 0.0240. The average Bonchev–Trinajstić information content (AvgIpc) is 2.91. The lowest BCUT2D eigenvalue weighted by Crippen LogP contribution is -2.55. The molecule has 3 atom stereocenters. The van der Waals surface area contributed by atoms with Gasteiger partial charge in [0.05, 0.1) is 25.4 Å². The van der Waals surface area contributed by atoms with Crippen LogP contribution in [0.2, 0.25) is 0 Å². The Labute approximate surface area is 236 Å². The standard InChI is InChI=1S/C28H35F3N4O6/c1-16(2)21(23(36)28(29,30)31)34-26(39)22(17-10-12-18(40-6)13-11-17)35-25(38)20(15-41-27(3,4)5)33-24(37)19-9-7-8-14-32-19/h7-14,16,20-22H,15H2,1-6H3,(H,33,37)(H,34,39)(H,35,38)/t20-,21-,22-/m0/s1. The lowest BCUT2D eigenvalue weighted by atomic mass is 9.97. The molecule has 0 spiro atoms. The Balaban J connectivity index is 2.41. The number of alkyl halides is 3. The fourth-order valence-electron chi connectivity index (χ4n) is 3.53. The number of nitrogens with zero attached hydrogens (tertiary/aromatic N) is 1. The normalized spacial score (nSPS) is 14.0. The zero-order valence-corrected chi connectivity index (χ0v) is 23.7. The number of hydrogen-bond donors (Lipinski definition) is 3. The zero-order chi connectivity index (χ0) is 31.0. The minimum Gasteiger partial charge on any atom is -0.497 e. The second-order valence-corrected chi connectivity index (χ2v) is 10.5. The van der Waals surface area contributed by atoms with Crippen LogP contribution in [0.15, 0.2) is 48.7 Å². The van der Waals surface area contributed by atoms with Gasteiger partial charge in [-0.1, -0.05) is 32.0 Å². The summed E-state index contributed by atoms with van der Waals surface area (Å²) in [6.07, 6.45) is -3.79. The Morgan fingerprint density at radius 2 is 1.54 bits per heavy atom. The van der Waals surface area contributed by atoms with Gasteiger partial charge in [0, 0.05) is 6.20 Å². The number of Topliss-reactive ketones (excluding diaryl/α,β-unsaturated/α-hetero) is 1. The van der Waals surface area contributed by atoms with Crippen LogP contribution in [0.25, 0.3) is 0 Å². The van der Waals surface area contributed by atoms with E-state index in [-0.39, 0.29) is 17.9 Å². The van der Waals surface area contributed by atoms with Crippen LogP contribution in [-0.4, -0.2) is 66.1 Å². The number of pyridine rings is 1. The van der Waals surface area contributed by atoms with Gasteiger partial charge in [-0.3, -0.25) is 24.2 Å². The predicted octanol–water partition coefficient (Wildman–Crippen LogP) is 3.13. The highest BCUT2D eigenvalue weighted by molar-refractivity contribution is 5.98. The number of carbonyl (C=O) groups excluding carboxylic acids is 4. The summed E-state index contributed by atoms with van der Waals surface area (Å²) < 4.78 is 50.5. The molecule has 1 aromatic carbocycles. The number of nitrogens with one attached hydrogen (secondary N) is 3. The second-order valence-electron chi connectivity index (χ2n) is 10.5. The lowest BCUT2D eigenvalue weighted by Gasteiger charge is -2.28. The Bertz CT molecular complexity index is 1200. The van der Waals surface area contributed by atoms with Crippen molar-refractivity contribution in [2.75, 3.05) is 13.7 Å². The highest BCUT2D eigenvalue weighted by Crippen LogP contribution is 2.23. The highest BCUT2D eigenvalue weighted by atomic mass is 19.4. The molecule has 0 aliphatic heterocycles. The molecule has 0 fully saturated rings. The Morgan fingerprint density at radius 1 is 0.902 bits per heavy atom. The zero-order valence-electron chi connectivity index (χ0n) is 23.7. The van der Waals surface area contributed by atoms with Crippen molar-refractivity contribution < 1.29 is 41.8 Å². The molecule has 0 bridgehead atoms. The van der Waals surface area contributed by atoms with Crippen LogP contribution in [0.3, 0.4) is 0 Å². The van der Waals surface area contributed by atoms with E-state index in [1.807, 2.05) is 0 Å². The molecule has 0 aliphatic carbocycles. The number of halogens is 3. The predicted molar refractivity (Wildman–Crippen MR) is 143 cm³/mol. The van der Waals surface area contributed by atoms with Crippen LogP contribution in [0, 0.1) is 5.92 Å². The van der Waals surface area contributed by atoms with Crippen molar-refractivity contribution in [2.45, 2.75) is 64.5 Å². The Morgan fingerprint density at radius 3 is 2.02 bits per heavy atom. The fraction of sp³-hybridized carbons (Fsp3) is 0.464. The van der Waals surface area contributed by atoms with Crippen LogP contribution in [0.1, 0.15) is 56.7 Å². The van der Waals surface area contributed by atoms with Crippen molar-refractivity contribution in [1.29, 1.82) is 0 Å². The number of rotatable bonds is 12. The van der Waals surface area contributed by atoms with E-state index in [1.54, 1.807) is 32.9 Å². The number of methoxy groups -OCH3 is 1. The maximum atomic E-state index is 13.5. The smallest absolute Gasteiger partial charge is 0.452 e. The van der Waals surface area contributed by atoms with E-state index in [0.717, 1.165) is 0 Å². The average molecular weight is 581 g/mol. The van der Waals surface area contributed by atoms with Gasteiger partial charge in [0.2, 0.25) is 11.8 Å². The van der Waals surface area contributed by atoms with E-state index < -0.39 is 59.3 Å². The number of amides is 3. The van der Waals surface area contributed by atoms with Gasteiger partial charge in [-0.25, -0.2) is 0 Å². The Kier molecular flexibility index (Phi) is 11.4. The highest BCUT2D eigenvalue weighted by Gasteiger charge is 2.45. The fourth-order valence-corrected chi connectivity index (χ4v) is 3.53. The summed E-state index contributed by atoms with van der Waals surface area (Å²) >= 11 is 0. The summed E-state index contributed by atoms with van der Waals surface area (Å²) in [6.45, 7) is 7.61. The molecule has 10 nitrogen and oxygen atoms in total. The van der Waals surface area contributed by atoms with Gasteiger partial charge >= 0.3 is 6.18 Å². The summed E-state index contributed by atoms with van der Waals surface area (Å²) in [5.74, 6) is -5.23. The summed E-state index contributed by atoms with van der Waals surface area (Å²) in [4.78, 5) is 55.6. The molecule has 0 aliphatic rings. The van der Waals surface area contributed by atoms with Gasteiger partial charge in [-0.2, -0.15) is 13.2 Å². The van der Waals surface area contributed by atoms with Crippen LogP contribution >= 0.6 is 0 Å². The van der Waals surface area contributed by atoms with Crippen molar-refractivity contribution in [3.05, 3.63) is 59.9 Å². The molecular weight excluding hydrogens is 545 g/mol. The summed E-state index contributed by atoms with van der Waals surface area (Å²) in [5, 5.41) is 7.14. The van der Waals surface area contributed by atoms with Crippen molar-refractivity contribution >= 4 is 23.5 Å². The molecule has 13 heteroatoms.